The number of halogens is 1. The van der Waals surface area contributed by atoms with E-state index in [0.717, 1.165) is 5.69 Å². The molecule has 0 bridgehead atoms. The van der Waals surface area contributed by atoms with Gasteiger partial charge in [0.2, 0.25) is 10.0 Å². The van der Waals surface area contributed by atoms with E-state index in [4.69, 9.17) is 0 Å². The van der Waals surface area contributed by atoms with Crippen LogP contribution in [0, 0.1) is 12.7 Å². The van der Waals surface area contributed by atoms with Crippen LogP contribution in [0.2, 0.25) is 0 Å². The smallest absolute Gasteiger partial charge is 0.308 e. The Morgan fingerprint density at radius 1 is 1.26 bits per heavy atom. The Morgan fingerprint density at radius 3 is 2.71 bits per heavy atom. The minimum atomic E-state index is -3.23. The molecule has 8 nitrogen and oxygen atoms in total. The topological polar surface area (TPSA) is 94.6 Å². The number of aryl methyl sites for hydroxylation is 1. The zero-order valence-corrected chi connectivity index (χ0v) is 18.7. The van der Waals surface area contributed by atoms with Gasteiger partial charge in [-0.05, 0) is 39.0 Å². The van der Waals surface area contributed by atoms with E-state index in [-0.39, 0.29) is 17.5 Å². The zero-order valence-electron chi connectivity index (χ0n) is 17.9. The third-order valence-electron chi connectivity index (χ3n) is 5.34. The fourth-order valence-electron chi connectivity index (χ4n) is 3.56. The second-order valence-electron chi connectivity index (χ2n) is 7.62. The van der Waals surface area contributed by atoms with Crippen molar-refractivity contribution in [1.29, 1.82) is 0 Å². The molecule has 1 aromatic carbocycles. The number of pyridine rings is 1. The lowest BCUT2D eigenvalue weighted by molar-refractivity contribution is 0.121. The number of rotatable bonds is 6. The van der Waals surface area contributed by atoms with Crippen molar-refractivity contribution in [3.8, 4) is 0 Å². The van der Waals surface area contributed by atoms with Crippen molar-refractivity contribution in [2.45, 2.75) is 33.4 Å². The SMILES string of the molecule is CCS(=O)(=O)N1CCN(Cc2cccc(NC(=O)Nc3ccnc(C)c3)c2F)[C@H](C)C1. The Bertz CT molecular complexity index is 1050. The standard InChI is InChI=1S/C21H28FN5O3S/c1-4-31(29,30)27-11-10-26(16(3)13-27)14-17-6-5-7-19(20(17)22)25-21(28)24-18-8-9-23-15(2)12-18/h5-9,12,16H,4,10-11,13-14H2,1-3H3,(H2,23,24,25,28)/t16-/m1/s1. The second-order valence-corrected chi connectivity index (χ2v) is 9.88. The van der Waals surface area contributed by atoms with E-state index < -0.39 is 21.9 Å². The number of carbonyl (C=O) groups is 1. The minimum absolute atomic E-state index is 0.0516. The lowest BCUT2D eigenvalue weighted by Gasteiger charge is -2.39. The molecule has 1 aromatic heterocycles. The maximum atomic E-state index is 15.1. The molecular weight excluding hydrogens is 421 g/mol. The van der Waals surface area contributed by atoms with Crippen molar-refractivity contribution in [2.24, 2.45) is 0 Å². The first-order valence-corrected chi connectivity index (χ1v) is 11.8. The van der Waals surface area contributed by atoms with Gasteiger partial charge in [0, 0.05) is 55.4 Å². The van der Waals surface area contributed by atoms with Gasteiger partial charge in [-0.2, -0.15) is 4.31 Å². The molecule has 1 aliphatic rings. The van der Waals surface area contributed by atoms with Crippen molar-refractivity contribution in [3.63, 3.8) is 0 Å². The maximum Gasteiger partial charge on any atom is 0.323 e. The molecule has 0 saturated carbocycles. The molecule has 31 heavy (non-hydrogen) atoms. The number of carbonyl (C=O) groups excluding carboxylic acids is 1. The number of urea groups is 1. The first-order valence-electron chi connectivity index (χ1n) is 10.2. The number of nitrogens with zero attached hydrogens (tertiary/aromatic N) is 3. The highest BCUT2D eigenvalue weighted by atomic mass is 32.2. The number of hydrogen-bond donors (Lipinski definition) is 2. The van der Waals surface area contributed by atoms with Crippen LogP contribution in [-0.2, 0) is 16.6 Å². The lowest BCUT2D eigenvalue weighted by atomic mass is 10.1. The molecule has 3 rings (SSSR count). The maximum absolute atomic E-state index is 15.1. The number of benzene rings is 1. The van der Waals surface area contributed by atoms with Gasteiger partial charge >= 0.3 is 6.03 Å². The van der Waals surface area contributed by atoms with Gasteiger partial charge in [0.25, 0.3) is 0 Å². The fraction of sp³-hybridized carbons (Fsp3) is 0.429. The van der Waals surface area contributed by atoms with Crippen LogP contribution in [0.5, 0.6) is 0 Å². The number of piperazine rings is 1. The van der Waals surface area contributed by atoms with Crippen molar-refractivity contribution >= 4 is 27.4 Å². The average molecular weight is 450 g/mol. The normalized spacial score (nSPS) is 18.0. The Balaban J connectivity index is 1.65. The van der Waals surface area contributed by atoms with Gasteiger partial charge in [-0.3, -0.25) is 9.88 Å². The Labute approximate surface area is 182 Å². The monoisotopic (exact) mass is 449 g/mol. The summed E-state index contributed by atoms with van der Waals surface area (Å²) in [6.45, 7) is 6.98. The predicted octanol–water partition coefficient (Wildman–Crippen LogP) is 3.03. The van der Waals surface area contributed by atoms with Gasteiger partial charge < -0.3 is 10.6 Å². The van der Waals surface area contributed by atoms with E-state index in [1.807, 2.05) is 18.7 Å². The molecule has 1 fully saturated rings. The number of sulfonamides is 1. The van der Waals surface area contributed by atoms with Crippen molar-refractivity contribution in [2.75, 3.05) is 36.0 Å². The van der Waals surface area contributed by atoms with E-state index in [0.29, 0.717) is 37.4 Å². The number of hydrogen-bond acceptors (Lipinski definition) is 5. The van der Waals surface area contributed by atoms with Crippen molar-refractivity contribution in [3.05, 3.63) is 53.6 Å². The predicted molar refractivity (Wildman–Crippen MR) is 119 cm³/mol. The molecule has 0 radical (unpaired) electrons. The van der Waals surface area contributed by atoms with Crippen molar-refractivity contribution < 1.29 is 17.6 Å². The van der Waals surface area contributed by atoms with Crippen LogP contribution >= 0.6 is 0 Å². The van der Waals surface area contributed by atoms with Gasteiger partial charge in [0.1, 0.15) is 0 Å². The average Bonchev–Trinajstić information content (AvgIpc) is 2.72. The van der Waals surface area contributed by atoms with E-state index >= 15 is 4.39 Å². The minimum Gasteiger partial charge on any atom is -0.308 e. The van der Waals surface area contributed by atoms with Gasteiger partial charge in [-0.15, -0.1) is 0 Å². The molecule has 2 N–H and O–H groups in total. The third-order valence-corrected chi connectivity index (χ3v) is 7.19. The Kier molecular flexibility index (Phi) is 7.24. The van der Waals surface area contributed by atoms with Crippen LogP contribution < -0.4 is 10.6 Å². The highest BCUT2D eigenvalue weighted by molar-refractivity contribution is 7.89. The summed E-state index contributed by atoms with van der Waals surface area (Å²) in [6.07, 6.45) is 1.58. The summed E-state index contributed by atoms with van der Waals surface area (Å²) in [6, 6.07) is 7.63. The first-order chi connectivity index (χ1) is 14.7. The van der Waals surface area contributed by atoms with Gasteiger partial charge in [0.15, 0.2) is 5.82 Å². The summed E-state index contributed by atoms with van der Waals surface area (Å²) >= 11 is 0. The highest BCUT2D eigenvalue weighted by Crippen LogP contribution is 2.23. The molecule has 10 heteroatoms. The number of aromatic nitrogens is 1. The van der Waals surface area contributed by atoms with E-state index in [1.54, 1.807) is 37.4 Å². The molecular formula is C21H28FN5O3S. The number of nitrogens with one attached hydrogen (secondary N) is 2. The molecule has 2 heterocycles. The Hall–Kier alpha value is -2.56. The van der Waals surface area contributed by atoms with Crippen LogP contribution in [0.4, 0.5) is 20.6 Å². The van der Waals surface area contributed by atoms with E-state index in [2.05, 4.69) is 15.6 Å². The molecule has 2 amide bonds. The molecule has 0 unspecified atom stereocenters. The highest BCUT2D eigenvalue weighted by Gasteiger charge is 2.30. The second kappa shape index (κ2) is 9.71. The quantitative estimate of drug-likeness (QED) is 0.707. The largest absolute Gasteiger partial charge is 0.323 e. The lowest BCUT2D eigenvalue weighted by Crippen LogP contribution is -2.53. The van der Waals surface area contributed by atoms with E-state index in [9.17, 15) is 13.2 Å². The zero-order chi connectivity index (χ0) is 22.6. The molecule has 0 spiro atoms. The first kappa shape index (κ1) is 23.1. The Morgan fingerprint density at radius 2 is 2.03 bits per heavy atom. The fourth-order valence-corrected chi connectivity index (χ4v) is 4.72. The van der Waals surface area contributed by atoms with Crippen LogP contribution in [0.3, 0.4) is 0 Å². The summed E-state index contributed by atoms with van der Waals surface area (Å²) < 4.78 is 40.8. The summed E-state index contributed by atoms with van der Waals surface area (Å²) in [5.74, 6) is -0.428. The van der Waals surface area contributed by atoms with Crippen LogP contribution in [0.1, 0.15) is 25.1 Å². The molecule has 2 aromatic rings. The van der Waals surface area contributed by atoms with Crippen LogP contribution in [0.25, 0.3) is 0 Å². The molecule has 1 atom stereocenters. The van der Waals surface area contributed by atoms with Crippen molar-refractivity contribution in [1.82, 2.24) is 14.2 Å². The molecule has 1 saturated heterocycles. The van der Waals surface area contributed by atoms with Gasteiger partial charge in [0.05, 0.1) is 11.4 Å². The summed E-state index contributed by atoms with van der Waals surface area (Å²) in [5, 5.41) is 5.21. The summed E-state index contributed by atoms with van der Waals surface area (Å²) in [7, 11) is -3.23. The van der Waals surface area contributed by atoms with Crippen LogP contribution in [-0.4, -0.2) is 60.1 Å². The third kappa shape index (κ3) is 5.78. The number of anilines is 2. The molecule has 168 valence electrons. The summed E-state index contributed by atoms with van der Waals surface area (Å²) in [4.78, 5) is 18.4. The molecule has 0 aliphatic carbocycles. The van der Waals surface area contributed by atoms with Crippen LogP contribution in [0.15, 0.2) is 36.5 Å². The van der Waals surface area contributed by atoms with Gasteiger partial charge in [-0.1, -0.05) is 12.1 Å². The van der Waals surface area contributed by atoms with E-state index in [1.165, 1.54) is 10.4 Å². The van der Waals surface area contributed by atoms with Gasteiger partial charge in [-0.25, -0.2) is 17.6 Å². The molecule has 1 aliphatic heterocycles. The summed E-state index contributed by atoms with van der Waals surface area (Å²) in [5.41, 5.74) is 1.85. The number of amides is 2.